The molecule has 2 aromatic rings. The van der Waals surface area contributed by atoms with Crippen LogP contribution in [0.3, 0.4) is 0 Å². The molecule has 1 aromatic carbocycles. The molecule has 0 amide bonds. The third kappa shape index (κ3) is 2.96. The van der Waals surface area contributed by atoms with Crippen LogP contribution < -0.4 is 5.32 Å². The number of rotatable bonds is 4. The number of anilines is 1. The fourth-order valence-corrected chi connectivity index (χ4v) is 2.28. The summed E-state index contributed by atoms with van der Waals surface area (Å²) in [5, 5.41) is 6.03. The van der Waals surface area contributed by atoms with Gasteiger partial charge in [0.05, 0.1) is 0 Å². The molecule has 0 aliphatic heterocycles. The SMILES string of the molecule is CC(C)CC(C)Nc1cccc2cnccc12. The van der Waals surface area contributed by atoms with E-state index in [9.17, 15) is 0 Å². The second-order valence-corrected chi connectivity index (χ2v) is 5.08. The van der Waals surface area contributed by atoms with Gasteiger partial charge >= 0.3 is 0 Å². The molecule has 2 nitrogen and oxygen atoms in total. The van der Waals surface area contributed by atoms with Crippen molar-refractivity contribution in [3.05, 3.63) is 36.7 Å². The number of hydrogen-bond donors (Lipinski definition) is 1. The van der Waals surface area contributed by atoms with Crippen LogP contribution >= 0.6 is 0 Å². The van der Waals surface area contributed by atoms with Crippen LogP contribution in [0.5, 0.6) is 0 Å². The third-order valence-electron chi connectivity index (χ3n) is 2.91. The Bertz CT molecular complexity index is 486. The van der Waals surface area contributed by atoms with Crippen molar-refractivity contribution in [3.63, 3.8) is 0 Å². The van der Waals surface area contributed by atoms with Crippen LogP contribution in [-0.4, -0.2) is 11.0 Å². The number of benzene rings is 1. The number of nitrogens with zero attached hydrogens (tertiary/aromatic N) is 1. The summed E-state index contributed by atoms with van der Waals surface area (Å²) < 4.78 is 0. The monoisotopic (exact) mass is 228 g/mol. The Kier molecular flexibility index (Phi) is 3.62. The Morgan fingerprint density at radius 3 is 2.76 bits per heavy atom. The van der Waals surface area contributed by atoms with Gasteiger partial charge in [0, 0.05) is 34.9 Å². The summed E-state index contributed by atoms with van der Waals surface area (Å²) in [6, 6.07) is 8.88. The minimum Gasteiger partial charge on any atom is -0.382 e. The lowest BCUT2D eigenvalue weighted by atomic mass is 10.0. The van der Waals surface area contributed by atoms with Crippen molar-refractivity contribution in [3.8, 4) is 0 Å². The molecule has 0 radical (unpaired) electrons. The molecule has 0 aliphatic rings. The molecule has 2 rings (SSSR count). The van der Waals surface area contributed by atoms with Crippen LogP contribution in [0.15, 0.2) is 36.7 Å². The molecule has 17 heavy (non-hydrogen) atoms. The highest BCUT2D eigenvalue weighted by Gasteiger charge is 2.06. The number of fused-ring (bicyclic) bond motifs is 1. The predicted molar refractivity (Wildman–Crippen MR) is 74.3 cm³/mol. The van der Waals surface area contributed by atoms with Crippen molar-refractivity contribution in [1.82, 2.24) is 4.98 Å². The van der Waals surface area contributed by atoms with Gasteiger partial charge in [-0.1, -0.05) is 26.0 Å². The average Bonchev–Trinajstić information content (AvgIpc) is 2.28. The molecule has 1 aromatic heterocycles. The van der Waals surface area contributed by atoms with E-state index in [1.165, 1.54) is 22.9 Å². The maximum atomic E-state index is 4.15. The Balaban J connectivity index is 2.24. The minimum absolute atomic E-state index is 0.494. The molecule has 0 fully saturated rings. The molecular formula is C15H20N2. The predicted octanol–water partition coefficient (Wildman–Crippen LogP) is 4.08. The summed E-state index contributed by atoms with van der Waals surface area (Å²) in [6.45, 7) is 6.75. The molecule has 0 saturated heterocycles. The third-order valence-corrected chi connectivity index (χ3v) is 2.91. The molecule has 1 atom stereocenters. The van der Waals surface area contributed by atoms with E-state index in [0.717, 1.165) is 0 Å². The average molecular weight is 228 g/mol. The van der Waals surface area contributed by atoms with Gasteiger partial charge in [0.2, 0.25) is 0 Å². The van der Waals surface area contributed by atoms with Crippen LogP contribution in [0, 0.1) is 5.92 Å². The van der Waals surface area contributed by atoms with Crippen LogP contribution in [0.25, 0.3) is 10.8 Å². The molecular weight excluding hydrogens is 208 g/mol. The summed E-state index contributed by atoms with van der Waals surface area (Å²) in [4.78, 5) is 4.15. The molecule has 0 aliphatic carbocycles. The van der Waals surface area contributed by atoms with Gasteiger partial charge in [0.25, 0.3) is 0 Å². The van der Waals surface area contributed by atoms with E-state index in [2.05, 4.69) is 55.3 Å². The van der Waals surface area contributed by atoms with Crippen LogP contribution in [0.4, 0.5) is 5.69 Å². The second-order valence-electron chi connectivity index (χ2n) is 5.08. The summed E-state index contributed by atoms with van der Waals surface area (Å²) in [7, 11) is 0. The minimum atomic E-state index is 0.494. The van der Waals surface area contributed by atoms with E-state index in [0.29, 0.717) is 12.0 Å². The first-order valence-electron chi connectivity index (χ1n) is 6.26. The molecule has 1 N–H and O–H groups in total. The summed E-state index contributed by atoms with van der Waals surface area (Å²) in [5.74, 6) is 0.717. The number of pyridine rings is 1. The van der Waals surface area contributed by atoms with Gasteiger partial charge in [-0.25, -0.2) is 0 Å². The second kappa shape index (κ2) is 5.17. The smallest absolute Gasteiger partial charge is 0.0423 e. The highest BCUT2D eigenvalue weighted by atomic mass is 14.9. The van der Waals surface area contributed by atoms with Gasteiger partial charge in [-0.2, -0.15) is 0 Å². The van der Waals surface area contributed by atoms with Crippen LogP contribution in [-0.2, 0) is 0 Å². The standard InChI is InChI=1S/C15H20N2/c1-11(2)9-12(3)17-15-6-4-5-13-10-16-8-7-14(13)15/h4-8,10-12,17H,9H2,1-3H3. The van der Waals surface area contributed by atoms with E-state index < -0.39 is 0 Å². The summed E-state index contributed by atoms with van der Waals surface area (Å²) in [5.41, 5.74) is 1.21. The maximum Gasteiger partial charge on any atom is 0.0423 e. The molecule has 0 spiro atoms. The zero-order valence-corrected chi connectivity index (χ0v) is 10.8. The quantitative estimate of drug-likeness (QED) is 0.852. The lowest BCUT2D eigenvalue weighted by Crippen LogP contribution is -2.17. The molecule has 0 bridgehead atoms. The lowest BCUT2D eigenvalue weighted by molar-refractivity contribution is 0.540. The molecule has 90 valence electrons. The summed E-state index contributed by atoms with van der Waals surface area (Å²) in [6.07, 6.45) is 4.94. The Labute approximate surface area is 103 Å². The Hall–Kier alpha value is -1.57. The fourth-order valence-electron chi connectivity index (χ4n) is 2.28. The lowest BCUT2D eigenvalue weighted by Gasteiger charge is -2.18. The van der Waals surface area contributed by atoms with Gasteiger partial charge < -0.3 is 5.32 Å². The van der Waals surface area contributed by atoms with Crippen molar-refractivity contribution >= 4 is 16.5 Å². The number of hydrogen-bond acceptors (Lipinski definition) is 2. The van der Waals surface area contributed by atoms with Gasteiger partial charge in [-0.3, -0.25) is 4.98 Å². The first kappa shape index (κ1) is 11.9. The van der Waals surface area contributed by atoms with Gasteiger partial charge in [-0.05, 0) is 31.4 Å². The molecule has 0 saturated carbocycles. The van der Waals surface area contributed by atoms with Gasteiger partial charge in [0.15, 0.2) is 0 Å². The molecule has 1 unspecified atom stereocenters. The van der Waals surface area contributed by atoms with Gasteiger partial charge in [0.1, 0.15) is 0 Å². The summed E-state index contributed by atoms with van der Waals surface area (Å²) >= 11 is 0. The van der Waals surface area contributed by atoms with E-state index >= 15 is 0 Å². The topological polar surface area (TPSA) is 24.9 Å². The van der Waals surface area contributed by atoms with E-state index in [-0.39, 0.29) is 0 Å². The first-order valence-corrected chi connectivity index (χ1v) is 6.26. The van der Waals surface area contributed by atoms with Crippen molar-refractivity contribution in [2.45, 2.75) is 33.2 Å². The zero-order valence-electron chi connectivity index (χ0n) is 10.8. The first-order chi connectivity index (χ1) is 8.16. The van der Waals surface area contributed by atoms with Crippen molar-refractivity contribution in [1.29, 1.82) is 0 Å². The van der Waals surface area contributed by atoms with E-state index in [4.69, 9.17) is 0 Å². The van der Waals surface area contributed by atoms with Crippen LogP contribution in [0.2, 0.25) is 0 Å². The Morgan fingerprint density at radius 2 is 2.00 bits per heavy atom. The normalized spacial score (nSPS) is 12.9. The number of nitrogens with one attached hydrogen (secondary N) is 1. The highest BCUT2D eigenvalue weighted by Crippen LogP contribution is 2.23. The van der Waals surface area contributed by atoms with Crippen molar-refractivity contribution < 1.29 is 0 Å². The molecule has 1 heterocycles. The maximum absolute atomic E-state index is 4.15. The van der Waals surface area contributed by atoms with E-state index in [1.54, 1.807) is 0 Å². The number of aromatic nitrogens is 1. The van der Waals surface area contributed by atoms with Crippen LogP contribution in [0.1, 0.15) is 27.2 Å². The largest absolute Gasteiger partial charge is 0.382 e. The highest BCUT2D eigenvalue weighted by molar-refractivity contribution is 5.93. The van der Waals surface area contributed by atoms with E-state index in [1.807, 2.05) is 12.4 Å². The zero-order chi connectivity index (χ0) is 12.3. The fraction of sp³-hybridized carbons (Fsp3) is 0.400. The molecule has 2 heteroatoms. The Morgan fingerprint density at radius 1 is 1.18 bits per heavy atom. The van der Waals surface area contributed by atoms with Gasteiger partial charge in [-0.15, -0.1) is 0 Å². The van der Waals surface area contributed by atoms with Crippen molar-refractivity contribution in [2.75, 3.05) is 5.32 Å². The van der Waals surface area contributed by atoms with Crippen molar-refractivity contribution in [2.24, 2.45) is 5.92 Å².